The van der Waals surface area contributed by atoms with Crippen molar-refractivity contribution in [3.8, 4) is 0 Å². The summed E-state index contributed by atoms with van der Waals surface area (Å²) in [6.45, 7) is 5.44. The number of ether oxygens (including phenoxy) is 2. The standard InChI is InChI=1S/C12H18O2/c1-10(2)14-9-12-6-4-11(5-7-12)8-13-3/h4-7,10H,8-9H2,1-3H3. The molecule has 0 saturated heterocycles. The van der Waals surface area contributed by atoms with Crippen LogP contribution in [0.1, 0.15) is 25.0 Å². The first kappa shape index (κ1) is 11.2. The molecule has 0 atom stereocenters. The van der Waals surface area contributed by atoms with Crippen molar-refractivity contribution in [2.24, 2.45) is 0 Å². The van der Waals surface area contributed by atoms with E-state index >= 15 is 0 Å². The van der Waals surface area contributed by atoms with Crippen LogP contribution in [0.5, 0.6) is 0 Å². The molecule has 0 aliphatic carbocycles. The predicted octanol–water partition coefficient (Wildman–Crippen LogP) is 2.76. The van der Waals surface area contributed by atoms with Crippen molar-refractivity contribution in [1.82, 2.24) is 0 Å². The summed E-state index contributed by atoms with van der Waals surface area (Å²) in [5, 5.41) is 0. The molecular formula is C12H18O2. The molecular weight excluding hydrogens is 176 g/mol. The molecule has 0 amide bonds. The van der Waals surface area contributed by atoms with Gasteiger partial charge in [-0.1, -0.05) is 24.3 Å². The third-order valence-electron chi connectivity index (χ3n) is 1.92. The highest BCUT2D eigenvalue weighted by atomic mass is 16.5. The fourth-order valence-electron chi connectivity index (χ4n) is 1.16. The normalized spacial score (nSPS) is 10.9. The van der Waals surface area contributed by atoms with E-state index in [0.29, 0.717) is 13.2 Å². The SMILES string of the molecule is COCc1ccc(COC(C)C)cc1. The Labute approximate surface area is 85.8 Å². The first-order valence-corrected chi connectivity index (χ1v) is 4.90. The first-order chi connectivity index (χ1) is 6.72. The zero-order valence-electron chi connectivity index (χ0n) is 9.12. The lowest BCUT2D eigenvalue weighted by Crippen LogP contribution is -2.02. The molecule has 2 nitrogen and oxygen atoms in total. The Kier molecular flexibility index (Phi) is 4.63. The van der Waals surface area contributed by atoms with Gasteiger partial charge in [0.2, 0.25) is 0 Å². The largest absolute Gasteiger partial charge is 0.380 e. The van der Waals surface area contributed by atoms with Crippen LogP contribution in [0, 0.1) is 0 Å². The van der Waals surface area contributed by atoms with Crippen molar-refractivity contribution in [3.63, 3.8) is 0 Å². The topological polar surface area (TPSA) is 18.5 Å². The second-order valence-corrected chi connectivity index (χ2v) is 3.61. The van der Waals surface area contributed by atoms with E-state index in [1.807, 2.05) is 13.8 Å². The monoisotopic (exact) mass is 194 g/mol. The van der Waals surface area contributed by atoms with Gasteiger partial charge in [-0.3, -0.25) is 0 Å². The summed E-state index contributed by atoms with van der Waals surface area (Å²) in [6.07, 6.45) is 0.286. The summed E-state index contributed by atoms with van der Waals surface area (Å²) in [5.74, 6) is 0. The van der Waals surface area contributed by atoms with Crippen molar-refractivity contribution >= 4 is 0 Å². The maximum atomic E-state index is 5.50. The summed E-state index contributed by atoms with van der Waals surface area (Å²) in [6, 6.07) is 8.30. The summed E-state index contributed by atoms with van der Waals surface area (Å²) in [7, 11) is 1.70. The van der Waals surface area contributed by atoms with Crippen molar-refractivity contribution in [2.45, 2.75) is 33.2 Å². The van der Waals surface area contributed by atoms with Gasteiger partial charge in [0.05, 0.1) is 19.3 Å². The molecule has 78 valence electrons. The average Bonchev–Trinajstić information content (AvgIpc) is 2.17. The molecule has 2 heteroatoms. The fraction of sp³-hybridized carbons (Fsp3) is 0.500. The molecule has 0 fully saturated rings. The first-order valence-electron chi connectivity index (χ1n) is 4.90. The van der Waals surface area contributed by atoms with E-state index in [2.05, 4.69) is 24.3 Å². The molecule has 0 spiro atoms. The van der Waals surface area contributed by atoms with Gasteiger partial charge >= 0.3 is 0 Å². The van der Waals surface area contributed by atoms with Crippen LogP contribution < -0.4 is 0 Å². The van der Waals surface area contributed by atoms with E-state index < -0.39 is 0 Å². The lowest BCUT2D eigenvalue weighted by atomic mass is 10.1. The maximum Gasteiger partial charge on any atom is 0.0720 e. The van der Waals surface area contributed by atoms with Crippen molar-refractivity contribution < 1.29 is 9.47 Å². The van der Waals surface area contributed by atoms with Gasteiger partial charge in [-0.15, -0.1) is 0 Å². The van der Waals surface area contributed by atoms with E-state index in [0.717, 1.165) is 0 Å². The van der Waals surface area contributed by atoms with Crippen LogP contribution in [-0.4, -0.2) is 13.2 Å². The van der Waals surface area contributed by atoms with Crippen LogP contribution in [-0.2, 0) is 22.7 Å². The van der Waals surface area contributed by atoms with Gasteiger partial charge in [-0.2, -0.15) is 0 Å². The van der Waals surface area contributed by atoms with Crippen molar-refractivity contribution in [2.75, 3.05) is 7.11 Å². The zero-order valence-corrected chi connectivity index (χ0v) is 9.12. The van der Waals surface area contributed by atoms with Crippen LogP contribution in [0.2, 0.25) is 0 Å². The zero-order chi connectivity index (χ0) is 10.4. The van der Waals surface area contributed by atoms with E-state index in [9.17, 15) is 0 Å². The Morgan fingerprint density at radius 1 is 1.00 bits per heavy atom. The molecule has 0 unspecified atom stereocenters. The molecule has 1 rings (SSSR count). The second-order valence-electron chi connectivity index (χ2n) is 3.61. The minimum atomic E-state index is 0.286. The highest BCUT2D eigenvalue weighted by Crippen LogP contribution is 2.07. The molecule has 1 aromatic carbocycles. The van der Waals surface area contributed by atoms with Crippen molar-refractivity contribution in [3.05, 3.63) is 35.4 Å². The Morgan fingerprint density at radius 3 is 1.93 bits per heavy atom. The van der Waals surface area contributed by atoms with Gasteiger partial charge in [0.1, 0.15) is 0 Å². The van der Waals surface area contributed by atoms with Gasteiger partial charge in [-0.25, -0.2) is 0 Å². The molecule has 0 heterocycles. The summed E-state index contributed by atoms with van der Waals surface area (Å²) < 4.78 is 10.5. The quantitative estimate of drug-likeness (QED) is 0.717. The van der Waals surface area contributed by atoms with Gasteiger partial charge in [0.25, 0.3) is 0 Å². The second kappa shape index (κ2) is 5.78. The summed E-state index contributed by atoms with van der Waals surface area (Å²) in [5.41, 5.74) is 2.40. The fourth-order valence-corrected chi connectivity index (χ4v) is 1.16. The summed E-state index contributed by atoms with van der Waals surface area (Å²) in [4.78, 5) is 0. The van der Waals surface area contributed by atoms with Gasteiger partial charge in [0, 0.05) is 7.11 Å². The smallest absolute Gasteiger partial charge is 0.0720 e. The van der Waals surface area contributed by atoms with Crippen LogP contribution in [0.4, 0.5) is 0 Å². The van der Waals surface area contributed by atoms with Crippen molar-refractivity contribution in [1.29, 1.82) is 0 Å². The lowest BCUT2D eigenvalue weighted by molar-refractivity contribution is 0.0657. The highest BCUT2D eigenvalue weighted by molar-refractivity contribution is 5.21. The molecule has 0 radical (unpaired) electrons. The average molecular weight is 194 g/mol. The van der Waals surface area contributed by atoms with Crippen LogP contribution in [0.15, 0.2) is 24.3 Å². The molecule has 0 aliphatic heterocycles. The number of rotatable bonds is 5. The molecule has 14 heavy (non-hydrogen) atoms. The minimum Gasteiger partial charge on any atom is -0.380 e. The van der Waals surface area contributed by atoms with E-state index in [1.165, 1.54) is 11.1 Å². The molecule has 1 aromatic rings. The minimum absolute atomic E-state index is 0.286. The number of methoxy groups -OCH3 is 1. The lowest BCUT2D eigenvalue weighted by Gasteiger charge is -2.07. The predicted molar refractivity (Wildman–Crippen MR) is 57.1 cm³/mol. The van der Waals surface area contributed by atoms with Gasteiger partial charge < -0.3 is 9.47 Å². The van der Waals surface area contributed by atoms with E-state index in [1.54, 1.807) is 7.11 Å². The number of hydrogen-bond acceptors (Lipinski definition) is 2. The molecule has 0 saturated carbocycles. The Morgan fingerprint density at radius 2 is 1.50 bits per heavy atom. The van der Waals surface area contributed by atoms with E-state index in [4.69, 9.17) is 9.47 Å². The number of benzene rings is 1. The maximum absolute atomic E-state index is 5.50. The molecule has 0 aromatic heterocycles. The number of hydrogen-bond donors (Lipinski definition) is 0. The molecule has 0 aliphatic rings. The Balaban J connectivity index is 2.46. The Bertz CT molecular complexity index is 252. The van der Waals surface area contributed by atoms with Gasteiger partial charge in [-0.05, 0) is 25.0 Å². The highest BCUT2D eigenvalue weighted by Gasteiger charge is 1.96. The van der Waals surface area contributed by atoms with Gasteiger partial charge in [0.15, 0.2) is 0 Å². The van der Waals surface area contributed by atoms with Crippen LogP contribution >= 0.6 is 0 Å². The Hall–Kier alpha value is -0.860. The summed E-state index contributed by atoms with van der Waals surface area (Å²) >= 11 is 0. The third kappa shape index (κ3) is 3.90. The molecule has 0 N–H and O–H groups in total. The van der Waals surface area contributed by atoms with Crippen LogP contribution in [0.3, 0.4) is 0 Å². The van der Waals surface area contributed by atoms with Crippen LogP contribution in [0.25, 0.3) is 0 Å². The molecule has 0 bridgehead atoms. The van der Waals surface area contributed by atoms with E-state index in [-0.39, 0.29) is 6.10 Å². The third-order valence-corrected chi connectivity index (χ3v) is 1.92.